The average Bonchev–Trinajstić information content (AvgIpc) is 2.34. The summed E-state index contributed by atoms with van der Waals surface area (Å²) in [7, 11) is -5.54. The molecule has 0 heterocycles. The van der Waals surface area contributed by atoms with Crippen LogP contribution in [0, 0.1) is 0 Å². The van der Waals surface area contributed by atoms with Gasteiger partial charge in [-0.3, -0.25) is 4.79 Å². The number of hydrogen-bond donors (Lipinski definition) is 2. The Labute approximate surface area is 113 Å². The van der Waals surface area contributed by atoms with Gasteiger partial charge in [0.1, 0.15) is 0 Å². The molecular formula is C11H12F3NO4S. The van der Waals surface area contributed by atoms with Crippen LogP contribution >= 0.6 is 0 Å². The number of carboxylic acids is 1. The Morgan fingerprint density at radius 1 is 1.25 bits per heavy atom. The monoisotopic (exact) mass is 311 g/mol. The third-order valence-corrected chi connectivity index (χ3v) is 3.66. The van der Waals surface area contributed by atoms with Gasteiger partial charge in [-0.1, -0.05) is 30.3 Å². The number of alkyl halides is 3. The summed E-state index contributed by atoms with van der Waals surface area (Å²) in [6, 6.07) is 6.24. The lowest BCUT2D eigenvalue weighted by Gasteiger charge is -2.19. The predicted molar refractivity (Wildman–Crippen MR) is 64.2 cm³/mol. The molecule has 2 N–H and O–H groups in total. The molecule has 0 aliphatic heterocycles. The molecule has 20 heavy (non-hydrogen) atoms. The van der Waals surface area contributed by atoms with Crippen molar-refractivity contribution < 1.29 is 31.5 Å². The molecule has 0 aliphatic rings. The molecular weight excluding hydrogens is 299 g/mol. The second-order valence-corrected chi connectivity index (χ2v) is 5.67. The van der Waals surface area contributed by atoms with Crippen LogP contribution in [0.3, 0.4) is 0 Å². The molecule has 0 saturated carbocycles. The summed E-state index contributed by atoms with van der Waals surface area (Å²) >= 11 is 0. The lowest BCUT2D eigenvalue weighted by Crippen LogP contribution is -2.39. The standard InChI is InChI=1S/C11H12F3NO4S/c12-11(13,14)20(18,19)15-9(6-7-10(16)17)8-4-2-1-3-5-8/h1-5,9,15H,6-7H2,(H,16,17). The minimum atomic E-state index is -5.54. The van der Waals surface area contributed by atoms with Gasteiger partial charge in [0.25, 0.3) is 0 Å². The largest absolute Gasteiger partial charge is 0.511 e. The summed E-state index contributed by atoms with van der Waals surface area (Å²) in [6.45, 7) is 0. The smallest absolute Gasteiger partial charge is 0.481 e. The number of sulfonamides is 1. The van der Waals surface area contributed by atoms with Crippen LogP contribution in [0.15, 0.2) is 30.3 Å². The fraction of sp³-hybridized carbons (Fsp3) is 0.364. The van der Waals surface area contributed by atoms with Crippen LogP contribution in [0.1, 0.15) is 24.4 Å². The van der Waals surface area contributed by atoms with E-state index in [2.05, 4.69) is 0 Å². The van der Waals surface area contributed by atoms with Crippen molar-refractivity contribution in [3.8, 4) is 0 Å². The van der Waals surface area contributed by atoms with Gasteiger partial charge in [-0.15, -0.1) is 0 Å². The van der Waals surface area contributed by atoms with Gasteiger partial charge in [0, 0.05) is 12.5 Å². The summed E-state index contributed by atoms with van der Waals surface area (Å²) in [5.41, 5.74) is -5.18. The first kappa shape index (κ1) is 16.4. The van der Waals surface area contributed by atoms with Gasteiger partial charge in [-0.2, -0.15) is 17.9 Å². The highest BCUT2D eigenvalue weighted by atomic mass is 32.2. The molecule has 1 rings (SSSR count). The van der Waals surface area contributed by atoms with Crippen LogP contribution < -0.4 is 4.72 Å². The van der Waals surface area contributed by atoms with Crippen molar-refractivity contribution in [2.45, 2.75) is 24.4 Å². The lowest BCUT2D eigenvalue weighted by atomic mass is 10.0. The van der Waals surface area contributed by atoms with Gasteiger partial charge in [0.05, 0.1) is 0 Å². The molecule has 0 radical (unpaired) electrons. The molecule has 9 heteroatoms. The third kappa shape index (κ3) is 4.49. The molecule has 1 atom stereocenters. The molecule has 1 unspecified atom stereocenters. The highest BCUT2D eigenvalue weighted by molar-refractivity contribution is 7.90. The lowest BCUT2D eigenvalue weighted by molar-refractivity contribution is -0.137. The average molecular weight is 311 g/mol. The molecule has 0 spiro atoms. The molecule has 0 aromatic heterocycles. The van der Waals surface area contributed by atoms with E-state index in [1.807, 2.05) is 0 Å². The maximum atomic E-state index is 12.3. The minimum Gasteiger partial charge on any atom is -0.481 e. The fourth-order valence-corrected chi connectivity index (χ4v) is 2.26. The molecule has 5 nitrogen and oxygen atoms in total. The van der Waals surface area contributed by atoms with Gasteiger partial charge in [-0.25, -0.2) is 8.42 Å². The van der Waals surface area contributed by atoms with Crippen molar-refractivity contribution >= 4 is 16.0 Å². The summed E-state index contributed by atoms with van der Waals surface area (Å²) in [4.78, 5) is 10.5. The van der Waals surface area contributed by atoms with Crippen LogP contribution in [0.2, 0.25) is 0 Å². The Balaban J connectivity index is 2.98. The van der Waals surface area contributed by atoms with Gasteiger partial charge < -0.3 is 5.11 Å². The number of rotatable bonds is 6. The number of halogens is 3. The SMILES string of the molecule is O=C(O)CCC(NS(=O)(=O)C(F)(F)F)c1ccccc1. The predicted octanol–water partition coefficient (Wildman–Crippen LogP) is 2.03. The van der Waals surface area contributed by atoms with E-state index in [-0.39, 0.29) is 12.0 Å². The first-order valence-electron chi connectivity index (χ1n) is 5.49. The highest BCUT2D eigenvalue weighted by Gasteiger charge is 2.46. The van der Waals surface area contributed by atoms with Gasteiger partial charge in [-0.05, 0) is 12.0 Å². The second-order valence-electron chi connectivity index (χ2n) is 3.96. The van der Waals surface area contributed by atoms with E-state index in [1.54, 1.807) is 6.07 Å². The van der Waals surface area contributed by atoms with Crippen molar-refractivity contribution in [2.75, 3.05) is 0 Å². The van der Waals surface area contributed by atoms with E-state index in [0.29, 0.717) is 0 Å². The summed E-state index contributed by atoms with van der Waals surface area (Å²) < 4.78 is 60.7. The Bertz CT molecular complexity index is 557. The van der Waals surface area contributed by atoms with E-state index >= 15 is 0 Å². The van der Waals surface area contributed by atoms with E-state index in [1.165, 1.54) is 29.0 Å². The number of nitrogens with one attached hydrogen (secondary N) is 1. The van der Waals surface area contributed by atoms with E-state index in [9.17, 15) is 26.4 Å². The third-order valence-electron chi connectivity index (χ3n) is 2.45. The second kappa shape index (κ2) is 6.23. The zero-order chi connectivity index (χ0) is 15.4. The van der Waals surface area contributed by atoms with E-state index in [4.69, 9.17) is 5.11 Å². The molecule has 1 aromatic carbocycles. The molecule has 0 saturated heterocycles. The van der Waals surface area contributed by atoms with Gasteiger partial charge in [0.15, 0.2) is 0 Å². The summed E-state index contributed by atoms with van der Waals surface area (Å²) in [5.74, 6) is -1.22. The molecule has 112 valence electrons. The minimum absolute atomic E-state index is 0.265. The number of benzene rings is 1. The van der Waals surface area contributed by atoms with Crippen LogP contribution in [0.5, 0.6) is 0 Å². The molecule has 1 aromatic rings. The number of carbonyl (C=O) groups is 1. The first-order valence-corrected chi connectivity index (χ1v) is 6.97. The first-order chi connectivity index (χ1) is 9.13. The number of hydrogen-bond acceptors (Lipinski definition) is 3. The Morgan fingerprint density at radius 3 is 2.25 bits per heavy atom. The van der Waals surface area contributed by atoms with Crippen molar-refractivity contribution in [1.82, 2.24) is 4.72 Å². The van der Waals surface area contributed by atoms with Crippen LogP contribution in [0.4, 0.5) is 13.2 Å². The highest BCUT2D eigenvalue weighted by Crippen LogP contribution is 2.27. The van der Waals surface area contributed by atoms with Crippen molar-refractivity contribution in [1.29, 1.82) is 0 Å². The van der Waals surface area contributed by atoms with Crippen molar-refractivity contribution in [3.63, 3.8) is 0 Å². The molecule has 0 aliphatic carbocycles. The van der Waals surface area contributed by atoms with Gasteiger partial charge >= 0.3 is 21.5 Å². The number of aliphatic carboxylic acids is 1. The molecule has 0 bridgehead atoms. The van der Waals surface area contributed by atoms with Crippen LogP contribution in [0.25, 0.3) is 0 Å². The van der Waals surface area contributed by atoms with Crippen molar-refractivity contribution in [3.05, 3.63) is 35.9 Å². The zero-order valence-electron chi connectivity index (χ0n) is 10.1. The van der Waals surface area contributed by atoms with Crippen LogP contribution in [-0.2, 0) is 14.8 Å². The zero-order valence-corrected chi connectivity index (χ0v) is 10.9. The maximum Gasteiger partial charge on any atom is 0.511 e. The van der Waals surface area contributed by atoms with E-state index < -0.39 is 34.0 Å². The molecule has 0 fully saturated rings. The normalized spacial score (nSPS) is 13.9. The van der Waals surface area contributed by atoms with Crippen LogP contribution in [-0.4, -0.2) is 25.0 Å². The summed E-state index contributed by atoms with van der Waals surface area (Å²) in [6.07, 6.45) is -0.741. The number of carboxylic acid groups (broad SMARTS) is 1. The van der Waals surface area contributed by atoms with Crippen molar-refractivity contribution in [2.24, 2.45) is 0 Å². The topological polar surface area (TPSA) is 83.5 Å². The Morgan fingerprint density at radius 2 is 1.80 bits per heavy atom. The fourth-order valence-electron chi connectivity index (χ4n) is 1.50. The quantitative estimate of drug-likeness (QED) is 0.842. The Hall–Kier alpha value is -1.61. The Kier molecular flexibility index (Phi) is 5.12. The summed E-state index contributed by atoms with van der Waals surface area (Å²) in [5, 5.41) is 8.57. The maximum absolute atomic E-state index is 12.3. The van der Waals surface area contributed by atoms with E-state index in [0.717, 1.165) is 0 Å². The molecule has 0 amide bonds. The van der Waals surface area contributed by atoms with Gasteiger partial charge in [0.2, 0.25) is 0 Å².